The van der Waals surface area contributed by atoms with Crippen molar-refractivity contribution in [2.24, 2.45) is 11.3 Å². The smallest absolute Gasteiger partial charge is 0.319 e. The van der Waals surface area contributed by atoms with Gasteiger partial charge in [-0.3, -0.25) is 9.59 Å². The predicted molar refractivity (Wildman–Crippen MR) is 75.8 cm³/mol. The van der Waals surface area contributed by atoms with Crippen molar-refractivity contribution >= 4 is 17.3 Å². The highest BCUT2D eigenvalue weighted by molar-refractivity contribution is 6.11. The third-order valence-corrected chi connectivity index (χ3v) is 4.61. The lowest BCUT2D eigenvalue weighted by Gasteiger charge is -2.41. The van der Waals surface area contributed by atoms with Crippen LogP contribution in [0.25, 0.3) is 5.57 Å². The number of carbonyl (C=O) groups excluding carboxylic acids is 2. The molecule has 1 aromatic carbocycles. The number of methoxy groups -OCH3 is 1. The summed E-state index contributed by atoms with van der Waals surface area (Å²) in [7, 11) is 1.37. The van der Waals surface area contributed by atoms with E-state index in [-0.39, 0.29) is 17.7 Å². The Bertz CT molecular complexity index is 573. The summed E-state index contributed by atoms with van der Waals surface area (Å²) in [6.07, 6.45) is 4.89. The molecule has 2 aliphatic carbocycles. The first-order chi connectivity index (χ1) is 9.69. The van der Waals surface area contributed by atoms with Gasteiger partial charge in [-0.05, 0) is 30.4 Å². The normalized spacial score (nSPS) is 28.8. The number of benzene rings is 1. The molecule has 0 spiro atoms. The van der Waals surface area contributed by atoms with Crippen LogP contribution in [-0.2, 0) is 14.3 Å². The van der Waals surface area contributed by atoms with Gasteiger partial charge in [-0.15, -0.1) is 0 Å². The third-order valence-electron chi connectivity index (χ3n) is 4.61. The number of hydrogen-bond donors (Lipinski definition) is 0. The minimum Gasteiger partial charge on any atom is -0.468 e. The molecule has 1 saturated carbocycles. The number of carbonyl (C=O) groups is 2. The van der Waals surface area contributed by atoms with Gasteiger partial charge in [0.2, 0.25) is 0 Å². The second kappa shape index (κ2) is 4.89. The number of ether oxygens (including phenoxy) is 1. The molecule has 0 radical (unpaired) electrons. The van der Waals surface area contributed by atoms with Gasteiger partial charge in [-0.25, -0.2) is 0 Å². The number of rotatable bonds is 2. The van der Waals surface area contributed by atoms with Crippen molar-refractivity contribution in [3.8, 4) is 0 Å². The first kappa shape index (κ1) is 13.1. The van der Waals surface area contributed by atoms with Gasteiger partial charge in [-0.2, -0.15) is 0 Å². The highest BCUT2D eigenvalue weighted by Crippen LogP contribution is 2.49. The zero-order valence-electron chi connectivity index (χ0n) is 11.6. The van der Waals surface area contributed by atoms with Crippen LogP contribution in [0.2, 0.25) is 0 Å². The topological polar surface area (TPSA) is 43.4 Å². The molecule has 0 amide bonds. The lowest BCUT2D eigenvalue weighted by atomic mass is 9.60. The van der Waals surface area contributed by atoms with E-state index in [2.05, 4.69) is 6.08 Å². The Hall–Kier alpha value is -1.90. The van der Waals surface area contributed by atoms with Crippen LogP contribution in [0.3, 0.4) is 0 Å². The maximum atomic E-state index is 12.8. The summed E-state index contributed by atoms with van der Waals surface area (Å²) in [6, 6.07) is 9.98. The van der Waals surface area contributed by atoms with Crippen molar-refractivity contribution in [2.45, 2.75) is 25.7 Å². The molecule has 2 bridgehead atoms. The SMILES string of the molecule is COC(=O)[C@@]12CC=C(c3ccccc3)[C@@H](CCC1)C2=O. The van der Waals surface area contributed by atoms with E-state index >= 15 is 0 Å². The molecular weight excluding hydrogens is 252 g/mol. The average molecular weight is 270 g/mol. The van der Waals surface area contributed by atoms with Crippen LogP contribution in [0.1, 0.15) is 31.2 Å². The minimum atomic E-state index is -0.921. The third kappa shape index (κ3) is 1.80. The highest BCUT2D eigenvalue weighted by atomic mass is 16.5. The van der Waals surface area contributed by atoms with E-state index in [1.54, 1.807) is 0 Å². The van der Waals surface area contributed by atoms with E-state index in [0.29, 0.717) is 12.8 Å². The van der Waals surface area contributed by atoms with Crippen LogP contribution in [-0.4, -0.2) is 18.9 Å². The maximum Gasteiger partial charge on any atom is 0.319 e. The number of esters is 1. The predicted octanol–water partition coefficient (Wildman–Crippen LogP) is 3.00. The first-order valence-corrected chi connectivity index (χ1v) is 7.07. The highest BCUT2D eigenvalue weighted by Gasteiger charge is 2.53. The Morgan fingerprint density at radius 1 is 1.30 bits per heavy atom. The molecule has 0 heterocycles. The molecule has 3 nitrogen and oxygen atoms in total. The van der Waals surface area contributed by atoms with Gasteiger partial charge in [0.05, 0.1) is 7.11 Å². The van der Waals surface area contributed by atoms with E-state index in [9.17, 15) is 9.59 Å². The summed E-state index contributed by atoms with van der Waals surface area (Å²) in [4.78, 5) is 24.9. The van der Waals surface area contributed by atoms with Crippen LogP contribution < -0.4 is 0 Å². The zero-order valence-corrected chi connectivity index (χ0v) is 11.6. The van der Waals surface area contributed by atoms with Crippen LogP contribution in [0.4, 0.5) is 0 Å². The molecule has 1 aromatic rings. The number of ketones is 1. The summed E-state index contributed by atoms with van der Waals surface area (Å²) in [5.74, 6) is -0.466. The molecule has 0 aromatic heterocycles. The van der Waals surface area contributed by atoms with Crippen LogP contribution in [0, 0.1) is 11.3 Å². The van der Waals surface area contributed by atoms with Gasteiger partial charge < -0.3 is 4.74 Å². The largest absolute Gasteiger partial charge is 0.468 e. The van der Waals surface area contributed by atoms with Gasteiger partial charge in [0.1, 0.15) is 5.41 Å². The minimum absolute atomic E-state index is 0.0527. The Morgan fingerprint density at radius 2 is 2.05 bits per heavy atom. The van der Waals surface area contributed by atoms with Gasteiger partial charge in [0, 0.05) is 5.92 Å². The molecule has 104 valence electrons. The maximum absolute atomic E-state index is 12.8. The van der Waals surface area contributed by atoms with E-state index in [1.807, 2.05) is 30.3 Å². The van der Waals surface area contributed by atoms with Crippen LogP contribution in [0.15, 0.2) is 36.4 Å². The fourth-order valence-electron chi connectivity index (χ4n) is 3.55. The average Bonchev–Trinajstić information content (AvgIpc) is 2.48. The molecular formula is C17H18O3. The quantitative estimate of drug-likeness (QED) is 0.613. The Balaban J connectivity index is 2.03. The Morgan fingerprint density at radius 3 is 2.75 bits per heavy atom. The van der Waals surface area contributed by atoms with Crippen molar-refractivity contribution in [2.75, 3.05) is 7.11 Å². The first-order valence-electron chi connectivity index (χ1n) is 7.07. The van der Waals surface area contributed by atoms with Crippen molar-refractivity contribution in [1.82, 2.24) is 0 Å². The summed E-state index contributed by atoms with van der Waals surface area (Å²) < 4.78 is 4.89. The van der Waals surface area contributed by atoms with Gasteiger partial charge >= 0.3 is 5.97 Å². The molecule has 2 aliphatic rings. The molecule has 3 rings (SSSR count). The zero-order chi connectivity index (χ0) is 14.2. The van der Waals surface area contributed by atoms with E-state index in [0.717, 1.165) is 24.0 Å². The Kier molecular flexibility index (Phi) is 3.20. The van der Waals surface area contributed by atoms with E-state index in [4.69, 9.17) is 4.74 Å². The molecule has 0 aliphatic heterocycles. The van der Waals surface area contributed by atoms with Crippen LogP contribution >= 0.6 is 0 Å². The molecule has 20 heavy (non-hydrogen) atoms. The lowest BCUT2D eigenvalue weighted by Crippen LogP contribution is -2.48. The van der Waals surface area contributed by atoms with E-state index < -0.39 is 5.41 Å². The molecule has 2 atom stereocenters. The molecule has 0 unspecified atom stereocenters. The number of Topliss-reactive ketones (excluding diaryl/α,β-unsaturated/α-hetero) is 1. The standard InChI is InChI=1S/C17H18O3/c1-20-16(19)17-10-5-8-14(15(17)18)13(9-11-17)12-6-3-2-4-7-12/h2-4,6-7,9,14H,5,8,10-11H2,1H3/t14-,17-/m1/s1. The molecule has 3 heteroatoms. The molecule has 0 saturated heterocycles. The summed E-state index contributed by atoms with van der Waals surface area (Å²) in [5.41, 5.74) is 1.25. The van der Waals surface area contributed by atoms with Gasteiger partial charge in [0.15, 0.2) is 5.78 Å². The lowest BCUT2D eigenvalue weighted by molar-refractivity contribution is -0.161. The summed E-state index contributed by atoms with van der Waals surface area (Å²) in [6.45, 7) is 0. The fourth-order valence-corrected chi connectivity index (χ4v) is 3.55. The van der Waals surface area contributed by atoms with Crippen molar-refractivity contribution < 1.29 is 14.3 Å². The van der Waals surface area contributed by atoms with E-state index in [1.165, 1.54) is 7.11 Å². The van der Waals surface area contributed by atoms with Gasteiger partial charge in [0.25, 0.3) is 0 Å². The fraction of sp³-hybridized carbons (Fsp3) is 0.412. The Labute approximate surface area is 118 Å². The summed E-state index contributed by atoms with van der Waals surface area (Å²) >= 11 is 0. The van der Waals surface area contributed by atoms with Crippen molar-refractivity contribution in [1.29, 1.82) is 0 Å². The second-order valence-corrected chi connectivity index (χ2v) is 5.61. The molecule has 0 N–H and O–H groups in total. The van der Waals surface area contributed by atoms with Crippen molar-refractivity contribution in [3.63, 3.8) is 0 Å². The number of allylic oxidation sites excluding steroid dienone is 2. The van der Waals surface area contributed by atoms with Gasteiger partial charge in [-0.1, -0.05) is 42.8 Å². The number of fused-ring (bicyclic) bond motifs is 2. The number of hydrogen-bond acceptors (Lipinski definition) is 3. The second-order valence-electron chi connectivity index (χ2n) is 5.61. The molecule has 1 fully saturated rings. The van der Waals surface area contributed by atoms with Crippen LogP contribution in [0.5, 0.6) is 0 Å². The monoisotopic (exact) mass is 270 g/mol. The van der Waals surface area contributed by atoms with Crippen molar-refractivity contribution in [3.05, 3.63) is 42.0 Å². The summed E-state index contributed by atoms with van der Waals surface area (Å²) in [5, 5.41) is 0.